The number of hydrogen-bond acceptors (Lipinski definition) is 3. The molecule has 0 atom stereocenters. The fourth-order valence-corrected chi connectivity index (χ4v) is 2.44. The van der Waals surface area contributed by atoms with E-state index in [9.17, 15) is 4.79 Å². The summed E-state index contributed by atoms with van der Waals surface area (Å²) in [5.74, 6) is 0.228. The topological polar surface area (TPSA) is 62.5 Å². The minimum atomic E-state index is -0.931. The molecule has 0 unspecified atom stereocenters. The first kappa shape index (κ1) is 13.9. The van der Waals surface area contributed by atoms with Crippen molar-refractivity contribution in [2.45, 2.75) is 45.6 Å². The third kappa shape index (κ3) is 3.96. The van der Waals surface area contributed by atoms with Crippen LogP contribution in [0.3, 0.4) is 0 Å². The van der Waals surface area contributed by atoms with Crippen LogP contribution in [0.4, 0.5) is 0 Å². The van der Waals surface area contributed by atoms with Crippen LogP contribution in [-0.2, 0) is 6.54 Å². The molecule has 0 aliphatic heterocycles. The van der Waals surface area contributed by atoms with Gasteiger partial charge in [0.25, 0.3) is 0 Å². The first-order chi connectivity index (χ1) is 9.16. The van der Waals surface area contributed by atoms with E-state index in [4.69, 9.17) is 9.52 Å². The number of hydrogen-bond donors (Lipinski definition) is 2. The molecule has 0 spiro atoms. The monoisotopic (exact) mass is 263 g/mol. The van der Waals surface area contributed by atoms with Gasteiger partial charge in [0, 0.05) is 0 Å². The highest BCUT2D eigenvalue weighted by Gasteiger charge is 2.13. The van der Waals surface area contributed by atoms with Crippen LogP contribution >= 0.6 is 0 Å². The summed E-state index contributed by atoms with van der Waals surface area (Å²) in [5.41, 5.74) is 1.80. The van der Waals surface area contributed by atoms with Gasteiger partial charge in [0.05, 0.1) is 6.54 Å². The highest BCUT2D eigenvalue weighted by Crippen LogP contribution is 2.19. The molecule has 4 nitrogen and oxygen atoms in total. The lowest BCUT2D eigenvalue weighted by Gasteiger charge is -2.12. The van der Waals surface area contributed by atoms with E-state index in [1.807, 2.05) is 0 Å². The second-order valence-electron chi connectivity index (χ2n) is 5.02. The summed E-state index contributed by atoms with van der Waals surface area (Å²) < 4.78 is 5.41. The van der Waals surface area contributed by atoms with Gasteiger partial charge in [-0.05, 0) is 51.6 Å². The first-order valence-corrected chi connectivity index (χ1v) is 6.88. The van der Waals surface area contributed by atoms with Gasteiger partial charge in [-0.2, -0.15) is 0 Å². The molecule has 4 heteroatoms. The van der Waals surface area contributed by atoms with Crippen molar-refractivity contribution in [2.75, 3.05) is 6.54 Å². The van der Waals surface area contributed by atoms with Crippen LogP contribution in [0.1, 0.15) is 54.0 Å². The van der Waals surface area contributed by atoms with E-state index in [2.05, 4.69) is 11.4 Å². The van der Waals surface area contributed by atoms with Crippen molar-refractivity contribution >= 4 is 5.97 Å². The minimum Gasteiger partial charge on any atom is -0.478 e. The molecule has 0 saturated carbocycles. The van der Waals surface area contributed by atoms with Crippen molar-refractivity contribution in [3.63, 3.8) is 0 Å². The summed E-state index contributed by atoms with van der Waals surface area (Å²) in [5, 5.41) is 12.2. The maximum absolute atomic E-state index is 10.9. The second-order valence-corrected chi connectivity index (χ2v) is 5.02. The number of nitrogens with one attached hydrogen (secondary N) is 1. The van der Waals surface area contributed by atoms with Gasteiger partial charge < -0.3 is 14.8 Å². The van der Waals surface area contributed by atoms with E-state index in [1.54, 1.807) is 18.6 Å². The van der Waals surface area contributed by atoms with Gasteiger partial charge in [-0.1, -0.05) is 11.6 Å². The molecule has 0 fully saturated rings. The molecule has 1 heterocycles. The van der Waals surface area contributed by atoms with E-state index in [0.29, 0.717) is 18.1 Å². The Kier molecular flexibility index (Phi) is 4.80. The van der Waals surface area contributed by atoms with E-state index < -0.39 is 5.97 Å². The average molecular weight is 263 g/mol. The summed E-state index contributed by atoms with van der Waals surface area (Å²) in [7, 11) is 0. The Bertz CT molecular complexity index is 474. The van der Waals surface area contributed by atoms with Crippen molar-refractivity contribution in [3.05, 3.63) is 34.8 Å². The molecule has 19 heavy (non-hydrogen) atoms. The predicted octanol–water partition coefficient (Wildman–Crippen LogP) is 3.27. The zero-order valence-corrected chi connectivity index (χ0v) is 11.4. The zero-order valence-electron chi connectivity index (χ0n) is 11.4. The Labute approximate surface area is 113 Å². The minimum absolute atomic E-state index is 0.256. The van der Waals surface area contributed by atoms with Gasteiger partial charge in [-0.3, -0.25) is 0 Å². The third-order valence-corrected chi connectivity index (χ3v) is 3.51. The standard InChI is InChI=1S/C15H21NO3/c1-11-14(15(17)18)9-13(19-11)10-16-8-7-12-5-3-2-4-6-12/h5,9,16H,2-4,6-8,10H2,1H3,(H,17,18). The van der Waals surface area contributed by atoms with Crippen LogP contribution in [-0.4, -0.2) is 17.6 Å². The summed E-state index contributed by atoms with van der Waals surface area (Å²) in [6, 6.07) is 1.60. The molecule has 1 aliphatic rings. The van der Waals surface area contributed by atoms with Gasteiger partial charge in [-0.15, -0.1) is 0 Å². The van der Waals surface area contributed by atoms with Crippen LogP contribution in [0, 0.1) is 6.92 Å². The molecule has 2 N–H and O–H groups in total. The quantitative estimate of drug-likeness (QED) is 0.611. The molecule has 1 aliphatic carbocycles. The highest BCUT2D eigenvalue weighted by atomic mass is 16.4. The number of carboxylic acid groups (broad SMARTS) is 1. The van der Waals surface area contributed by atoms with E-state index in [0.717, 1.165) is 13.0 Å². The summed E-state index contributed by atoms with van der Waals surface area (Å²) in [6.45, 7) is 3.18. The van der Waals surface area contributed by atoms with Crippen molar-refractivity contribution in [3.8, 4) is 0 Å². The molecule has 0 aromatic carbocycles. The molecule has 1 aromatic heterocycles. The highest BCUT2D eigenvalue weighted by molar-refractivity contribution is 5.88. The molecule has 0 bridgehead atoms. The van der Waals surface area contributed by atoms with Crippen molar-refractivity contribution in [2.24, 2.45) is 0 Å². The van der Waals surface area contributed by atoms with Crippen LogP contribution < -0.4 is 5.32 Å². The average Bonchev–Trinajstić information content (AvgIpc) is 2.77. The number of carbonyl (C=O) groups is 1. The Hall–Kier alpha value is -1.55. The number of allylic oxidation sites excluding steroid dienone is 1. The van der Waals surface area contributed by atoms with Gasteiger partial charge >= 0.3 is 5.97 Å². The maximum Gasteiger partial charge on any atom is 0.339 e. The van der Waals surface area contributed by atoms with Crippen LogP contribution in [0.15, 0.2) is 22.1 Å². The largest absolute Gasteiger partial charge is 0.478 e. The number of aryl methyl sites for hydroxylation is 1. The molecular weight excluding hydrogens is 242 g/mol. The van der Waals surface area contributed by atoms with Gasteiger partial charge in [0.15, 0.2) is 0 Å². The molecule has 0 amide bonds. The SMILES string of the molecule is Cc1oc(CNCCC2=CCCCC2)cc1C(=O)O. The zero-order chi connectivity index (χ0) is 13.7. The van der Waals surface area contributed by atoms with Gasteiger partial charge in [0.2, 0.25) is 0 Å². The first-order valence-electron chi connectivity index (χ1n) is 6.88. The lowest BCUT2D eigenvalue weighted by atomic mass is 9.97. The fraction of sp³-hybridized carbons (Fsp3) is 0.533. The predicted molar refractivity (Wildman–Crippen MR) is 73.3 cm³/mol. The van der Waals surface area contributed by atoms with E-state index in [1.165, 1.54) is 25.7 Å². The summed E-state index contributed by atoms with van der Waals surface area (Å²) in [6.07, 6.45) is 8.50. The van der Waals surface area contributed by atoms with Crippen molar-refractivity contribution in [1.29, 1.82) is 0 Å². The summed E-state index contributed by atoms with van der Waals surface area (Å²) in [4.78, 5) is 10.9. The fourth-order valence-electron chi connectivity index (χ4n) is 2.44. The van der Waals surface area contributed by atoms with Crippen LogP contribution in [0.5, 0.6) is 0 Å². The molecular formula is C15H21NO3. The molecule has 0 radical (unpaired) electrons. The Morgan fingerprint density at radius 2 is 2.32 bits per heavy atom. The molecule has 2 rings (SSSR count). The molecule has 1 aromatic rings. The lowest BCUT2D eigenvalue weighted by molar-refractivity contribution is 0.0695. The smallest absolute Gasteiger partial charge is 0.339 e. The third-order valence-electron chi connectivity index (χ3n) is 3.51. The van der Waals surface area contributed by atoms with Crippen molar-refractivity contribution < 1.29 is 14.3 Å². The van der Waals surface area contributed by atoms with Crippen molar-refractivity contribution in [1.82, 2.24) is 5.32 Å². The Balaban J connectivity index is 1.75. The van der Waals surface area contributed by atoms with E-state index in [-0.39, 0.29) is 5.56 Å². The molecule has 104 valence electrons. The maximum atomic E-state index is 10.9. The second kappa shape index (κ2) is 6.57. The number of aromatic carboxylic acids is 1. The number of furan rings is 1. The van der Waals surface area contributed by atoms with Crippen LogP contribution in [0.25, 0.3) is 0 Å². The Morgan fingerprint density at radius 1 is 1.47 bits per heavy atom. The van der Waals surface area contributed by atoms with E-state index >= 15 is 0 Å². The normalized spacial score (nSPS) is 15.3. The van der Waals surface area contributed by atoms with Gasteiger partial charge in [0.1, 0.15) is 17.1 Å². The summed E-state index contributed by atoms with van der Waals surface area (Å²) >= 11 is 0. The lowest BCUT2D eigenvalue weighted by Crippen LogP contribution is -2.15. The Morgan fingerprint density at radius 3 is 2.95 bits per heavy atom. The number of rotatable bonds is 6. The van der Waals surface area contributed by atoms with Crippen LogP contribution in [0.2, 0.25) is 0 Å². The molecule has 0 saturated heterocycles. The number of carboxylic acids is 1. The van der Waals surface area contributed by atoms with Gasteiger partial charge in [-0.25, -0.2) is 4.79 Å².